The SMILES string of the molecule is CNCc1ccc(F)c(-c2cccc(Cl)c2)c1. The van der Waals surface area contributed by atoms with Crippen molar-refractivity contribution in [3.05, 3.63) is 58.9 Å². The summed E-state index contributed by atoms with van der Waals surface area (Å²) < 4.78 is 13.8. The van der Waals surface area contributed by atoms with Gasteiger partial charge < -0.3 is 5.32 Å². The van der Waals surface area contributed by atoms with Gasteiger partial charge in [-0.25, -0.2) is 4.39 Å². The van der Waals surface area contributed by atoms with E-state index in [1.807, 2.05) is 25.2 Å². The molecule has 1 N–H and O–H groups in total. The number of nitrogens with one attached hydrogen (secondary N) is 1. The molecule has 2 rings (SSSR count). The molecule has 0 amide bonds. The van der Waals surface area contributed by atoms with E-state index in [1.54, 1.807) is 18.2 Å². The van der Waals surface area contributed by atoms with Gasteiger partial charge in [-0.1, -0.05) is 29.8 Å². The summed E-state index contributed by atoms with van der Waals surface area (Å²) in [6.07, 6.45) is 0. The largest absolute Gasteiger partial charge is 0.316 e. The molecule has 0 saturated heterocycles. The zero-order valence-electron chi connectivity index (χ0n) is 9.50. The summed E-state index contributed by atoms with van der Waals surface area (Å²) >= 11 is 5.91. The van der Waals surface area contributed by atoms with Gasteiger partial charge in [0.1, 0.15) is 5.82 Å². The Hall–Kier alpha value is -1.38. The van der Waals surface area contributed by atoms with Crippen molar-refractivity contribution in [2.45, 2.75) is 6.54 Å². The average Bonchev–Trinajstić information content (AvgIpc) is 2.32. The first kappa shape index (κ1) is 12.1. The van der Waals surface area contributed by atoms with Crippen LogP contribution in [0.1, 0.15) is 5.56 Å². The van der Waals surface area contributed by atoms with Crippen molar-refractivity contribution in [2.24, 2.45) is 0 Å². The molecule has 2 aromatic carbocycles. The van der Waals surface area contributed by atoms with Gasteiger partial charge in [0.2, 0.25) is 0 Å². The fourth-order valence-electron chi connectivity index (χ4n) is 1.76. The van der Waals surface area contributed by atoms with Crippen LogP contribution in [0.15, 0.2) is 42.5 Å². The molecular formula is C14H13ClFN. The monoisotopic (exact) mass is 249 g/mol. The van der Waals surface area contributed by atoms with Gasteiger partial charge in [0.15, 0.2) is 0 Å². The molecule has 0 fully saturated rings. The topological polar surface area (TPSA) is 12.0 Å². The molecule has 0 saturated carbocycles. The molecular weight excluding hydrogens is 237 g/mol. The summed E-state index contributed by atoms with van der Waals surface area (Å²) in [5, 5.41) is 3.66. The first-order valence-corrected chi connectivity index (χ1v) is 5.77. The molecule has 0 unspecified atom stereocenters. The van der Waals surface area contributed by atoms with Crippen molar-refractivity contribution < 1.29 is 4.39 Å². The van der Waals surface area contributed by atoms with Crippen LogP contribution in [0.3, 0.4) is 0 Å². The Kier molecular flexibility index (Phi) is 3.77. The summed E-state index contributed by atoms with van der Waals surface area (Å²) in [6.45, 7) is 0.716. The first-order valence-electron chi connectivity index (χ1n) is 5.39. The maximum absolute atomic E-state index is 13.8. The summed E-state index contributed by atoms with van der Waals surface area (Å²) in [5.74, 6) is -0.230. The highest BCUT2D eigenvalue weighted by Crippen LogP contribution is 2.26. The van der Waals surface area contributed by atoms with Gasteiger partial charge in [0, 0.05) is 17.1 Å². The van der Waals surface area contributed by atoms with Crippen LogP contribution in [0.5, 0.6) is 0 Å². The smallest absolute Gasteiger partial charge is 0.131 e. The Labute approximate surface area is 105 Å². The highest BCUT2D eigenvalue weighted by Gasteiger charge is 2.06. The fraction of sp³-hybridized carbons (Fsp3) is 0.143. The minimum Gasteiger partial charge on any atom is -0.316 e. The molecule has 0 heterocycles. The van der Waals surface area contributed by atoms with E-state index in [-0.39, 0.29) is 5.82 Å². The Morgan fingerprint density at radius 3 is 2.71 bits per heavy atom. The van der Waals surface area contributed by atoms with Crippen molar-refractivity contribution >= 4 is 11.6 Å². The van der Waals surface area contributed by atoms with Crippen LogP contribution in [0, 0.1) is 5.82 Å². The van der Waals surface area contributed by atoms with Crippen molar-refractivity contribution in [3.8, 4) is 11.1 Å². The quantitative estimate of drug-likeness (QED) is 0.871. The van der Waals surface area contributed by atoms with Crippen molar-refractivity contribution in [1.82, 2.24) is 5.32 Å². The Morgan fingerprint density at radius 2 is 2.00 bits per heavy atom. The second-order valence-corrected chi connectivity index (χ2v) is 4.29. The lowest BCUT2D eigenvalue weighted by atomic mass is 10.0. The van der Waals surface area contributed by atoms with Crippen molar-refractivity contribution in [3.63, 3.8) is 0 Å². The number of hydrogen-bond acceptors (Lipinski definition) is 1. The minimum absolute atomic E-state index is 0.230. The van der Waals surface area contributed by atoms with Gasteiger partial charge >= 0.3 is 0 Å². The maximum atomic E-state index is 13.8. The third-order valence-corrected chi connectivity index (χ3v) is 2.78. The van der Waals surface area contributed by atoms with E-state index in [2.05, 4.69) is 5.32 Å². The summed E-state index contributed by atoms with van der Waals surface area (Å²) in [4.78, 5) is 0. The van der Waals surface area contributed by atoms with Gasteiger partial charge in [-0.15, -0.1) is 0 Å². The fourth-order valence-corrected chi connectivity index (χ4v) is 1.95. The molecule has 0 radical (unpaired) electrons. The molecule has 0 atom stereocenters. The van der Waals surface area contributed by atoms with E-state index in [0.717, 1.165) is 11.1 Å². The molecule has 0 bridgehead atoms. The number of benzene rings is 2. The standard InChI is InChI=1S/C14H13ClFN/c1-17-9-10-5-6-14(16)13(7-10)11-3-2-4-12(15)8-11/h2-8,17H,9H2,1H3. The predicted molar refractivity (Wildman–Crippen MR) is 69.6 cm³/mol. The molecule has 0 spiro atoms. The van der Waals surface area contributed by atoms with Gasteiger partial charge in [0.25, 0.3) is 0 Å². The van der Waals surface area contributed by atoms with Gasteiger partial charge in [0.05, 0.1) is 0 Å². The van der Waals surface area contributed by atoms with Crippen LogP contribution in [0.4, 0.5) is 4.39 Å². The molecule has 1 nitrogen and oxygen atoms in total. The van der Waals surface area contributed by atoms with Gasteiger partial charge in [-0.05, 0) is 42.4 Å². The molecule has 0 aliphatic carbocycles. The van der Waals surface area contributed by atoms with E-state index in [9.17, 15) is 4.39 Å². The third-order valence-electron chi connectivity index (χ3n) is 2.55. The Morgan fingerprint density at radius 1 is 1.18 bits per heavy atom. The van der Waals surface area contributed by atoms with Gasteiger partial charge in [-0.2, -0.15) is 0 Å². The van der Waals surface area contributed by atoms with Crippen LogP contribution < -0.4 is 5.32 Å². The van der Waals surface area contributed by atoms with E-state index in [4.69, 9.17) is 11.6 Å². The van der Waals surface area contributed by atoms with Crippen LogP contribution in [-0.2, 0) is 6.54 Å². The summed E-state index contributed by atoms with van der Waals surface area (Å²) in [5.41, 5.74) is 2.43. The van der Waals surface area contributed by atoms with E-state index in [0.29, 0.717) is 17.1 Å². The molecule has 0 aliphatic rings. The molecule has 88 valence electrons. The Bertz CT molecular complexity index is 525. The van der Waals surface area contributed by atoms with Crippen molar-refractivity contribution in [1.29, 1.82) is 0 Å². The second kappa shape index (κ2) is 5.30. The summed E-state index contributed by atoms with van der Waals surface area (Å²) in [7, 11) is 1.86. The predicted octanol–water partition coefficient (Wildman–Crippen LogP) is 3.87. The van der Waals surface area contributed by atoms with Crippen molar-refractivity contribution in [2.75, 3.05) is 7.05 Å². The first-order chi connectivity index (χ1) is 8.20. The van der Waals surface area contributed by atoms with E-state index >= 15 is 0 Å². The normalized spacial score (nSPS) is 10.5. The van der Waals surface area contributed by atoms with Crippen LogP contribution in [0.25, 0.3) is 11.1 Å². The lowest BCUT2D eigenvalue weighted by molar-refractivity contribution is 0.630. The molecule has 0 aliphatic heterocycles. The number of halogens is 2. The number of rotatable bonds is 3. The highest BCUT2D eigenvalue weighted by atomic mass is 35.5. The third kappa shape index (κ3) is 2.84. The summed E-state index contributed by atoms with van der Waals surface area (Å²) in [6, 6.07) is 12.3. The molecule has 2 aromatic rings. The van der Waals surface area contributed by atoms with Crippen LogP contribution >= 0.6 is 11.6 Å². The molecule has 17 heavy (non-hydrogen) atoms. The molecule has 0 aromatic heterocycles. The highest BCUT2D eigenvalue weighted by molar-refractivity contribution is 6.30. The van der Waals surface area contributed by atoms with E-state index in [1.165, 1.54) is 6.07 Å². The average molecular weight is 250 g/mol. The zero-order valence-corrected chi connectivity index (χ0v) is 10.3. The Balaban J connectivity index is 2.46. The second-order valence-electron chi connectivity index (χ2n) is 3.85. The van der Waals surface area contributed by atoms with Crippen LogP contribution in [-0.4, -0.2) is 7.05 Å². The maximum Gasteiger partial charge on any atom is 0.131 e. The van der Waals surface area contributed by atoms with Gasteiger partial charge in [-0.3, -0.25) is 0 Å². The van der Waals surface area contributed by atoms with E-state index < -0.39 is 0 Å². The van der Waals surface area contributed by atoms with Crippen LogP contribution in [0.2, 0.25) is 5.02 Å². The minimum atomic E-state index is -0.230. The lowest BCUT2D eigenvalue weighted by Crippen LogP contribution is -2.05. The number of hydrogen-bond donors (Lipinski definition) is 1. The molecule has 3 heteroatoms. The zero-order chi connectivity index (χ0) is 12.3. The lowest BCUT2D eigenvalue weighted by Gasteiger charge is -2.07.